The standard InChI is InChI=1S/C12H7F2NO2/c13-8-2-3-9(10(14)5-8)11-4-1-7(6-15-11)12(16)17/h1-6H,(H,16,17). The molecule has 1 aromatic carbocycles. The predicted molar refractivity (Wildman–Crippen MR) is 56.5 cm³/mol. The van der Waals surface area contributed by atoms with E-state index < -0.39 is 17.6 Å². The minimum atomic E-state index is -1.11. The molecule has 0 saturated heterocycles. The van der Waals surface area contributed by atoms with Crippen LogP contribution in [0.1, 0.15) is 10.4 Å². The number of nitrogens with zero attached hydrogens (tertiary/aromatic N) is 1. The van der Waals surface area contributed by atoms with Crippen LogP contribution in [0.3, 0.4) is 0 Å². The van der Waals surface area contributed by atoms with Gasteiger partial charge in [-0.1, -0.05) is 0 Å². The van der Waals surface area contributed by atoms with Gasteiger partial charge in [-0.3, -0.25) is 4.98 Å². The largest absolute Gasteiger partial charge is 0.478 e. The number of rotatable bonds is 2. The SMILES string of the molecule is O=C(O)c1ccc(-c2ccc(F)cc2F)nc1. The molecule has 86 valence electrons. The van der Waals surface area contributed by atoms with Gasteiger partial charge in [-0.15, -0.1) is 0 Å². The summed E-state index contributed by atoms with van der Waals surface area (Å²) in [6, 6.07) is 5.81. The van der Waals surface area contributed by atoms with Crippen LogP contribution in [0.4, 0.5) is 8.78 Å². The Morgan fingerprint density at radius 1 is 1.18 bits per heavy atom. The number of carbonyl (C=O) groups is 1. The van der Waals surface area contributed by atoms with Gasteiger partial charge in [0.2, 0.25) is 0 Å². The Bertz CT molecular complexity index is 567. The highest BCUT2D eigenvalue weighted by Gasteiger charge is 2.09. The minimum absolute atomic E-state index is 0.0104. The first-order valence-electron chi connectivity index (χ1n) is 4.72. The van der Waals surface area contributed by atoms with Crippen molar-refractivity contribution in [2.75, 3.05) is 0 Å². The van der Waals surface area contributed by atoms with Crippen LogP contribution in [-0.4, -0.2) is 16.1 Å². The number of carboxylic acid groups (broad SMARTS) is 1. The fourth-order valence-electron chi connectivity index (χ4n) is 1.38. The van der Waals surface area contributed by atoms with E-state index in [0.717, 1.165) is 18.3 Å². The molecule has 0 bridgehead atoms. The third-order valence-electron chi connectivity index (χ3n) is 2.22. The number of aromatic carboxylic acids is 1. The van der Waals surface area contributed by atoms with Crippen LogP contribution in [-0.2, 0) is 0 Å². The molecule has 2 rings (SSSR count). The highest BCUT2D eigenvalue weighted by Crippen LogP contribution is 2.21. The highest BCUT2D eigenvalue weighted by molar-refractivity contribution is 5.87. The van der Waals surface area contributed by atoms with Crippen molar-refractivity contribution in [1.29, 1.82) is 0 Å². The van der Waals surface area contributed by atoms with Gasteiger partial charge < -0.3 is 5.11 Å². The van der Waals surface area contributed by atoms with Crippen molar-refractivity contribution in [3.05, 3.63) is 53.7 Å². The lowest BCUT2D eigenvalue weighted by atomic mass is 10.1. The number of aromatic nitrogens is 1. The minimum Gasteiger partial charge on any atom is -0.478 e. The molecule has 1 heterocycles. The third kappa shape index (κ3) is 2.28. The Labute approximate surface area is 95.4 Å². The molecule has 0 unspecified atom stereocenters. The lowest BCUT2D eigenvalue weighted by Gasteiger charge is -2.03. The lowest BCUT2D eigenvalue weighted by Crippen LogP contribution is -1.97. The number of carboxylic acids is 1. The maximum atomic E-state index is 13.4. The molecule has 1 aromatic heterocycles. The molecule has 0 aliphatic rings. The normalized spacial score (nSPS) is 10.2. The summed E-state index contributed by atoms with van der Waals surface area (Å²) in [5.74, 6) is -2.52. The van der Waals surface area contributed by atoms with Gasteiger partial charge in [-0.05, 0) is 24.3 Å². The maximum absolute atomic E-state index is 13.4. The first-order chi connectivity index (χ1) is 8.08. The van der Waals surface area contributed by atoms with Crippen molar-refractivity contribution in [2.45, 2.75) is 0 Å². The summed E-state index contributed by atoms with van der Waals surface area (Å²) < 4.78 is 26.1. The van der Waals surface area contributed by atoms with E-state index in [4.69, 9.17) is 5.11 Å². The molecule has 2 aromatic rings. The van der Waals surface area contributed by atoms with E-state index in [2.05, 4.69) is 4.98 Å². The van der Waals surface area contributed by atoms with Gasteiger partial charge in [0.15, 0.2) is 0 Å². The van der Waals surface area contributed by atoms with Gasteiger partial charge in [-0.2, -0.15) is 0 Å². The first-order valence-corrected chi connectivity index (χ1v) is 4.72. The van der Waals surface area contributed by atoms with Crippen LogP contribution < -0.4 is 0 Å². The fourth-order valence-corrected chi connectivity index (χ4v) is 1.38. The molecule has 0 aliphatic carbocycles. The van der Waals surface area contributed by atoms with Gasteiger partial charge >= 0.3 is 5.97 Å². The molecule has 0 atom stereocenters. The molecule has 1 N–H and O–H groups in total. The Hall–Kier alpha value is -2.30. The van der Waals surface area contributed by atoms with Crippen molar-refractivity contribution in [2.24, 2.45) is 0 Å². The predicted octanol–water partition coefficient (Wildman–Crippen LogP) is 2.73. The first kappa shape index (κ1) is 11.2. The quantitative estimate of drug-likeness (QED) is 0.870. The number of pyridine rings is 1. The monoisotopic (exact) mass is 235 g/mol. The summed E-state index contributed by atoms with van der Waals surface area (Å²) in [4.78, 5) is 14.4. The van der Waals surface area contributed by atoms with Crippen molar-refractivity contribution in [3.8, 4) is 11.3 Å². The zero-order valence-corrected chi connectivity index (χ0v) is 8.52. The molecule has 0 spiro atoms. The van der Waals surface area contributed by atoms with E-state index in [9.17, 15) is 13.6 Å². The second kappa shape index (κ2) is 4.29. The van der Waals surface area contributed by atoms with E-state index in [1.54, 1.807) is 0 Å². The molecule has 3 nitrogen and oxygen atoms in total. The summed E-state index contributed by atoms with van der Waals surface area (Å²) in [7, 11) is 0. The second-order valence-corrected chi connectivity index (χ2v) is 3.36. The molecule has 5 heteroatoms. The molecule has 17 heavy (non-hydrogen) atoms. The number of benzene rings is 1. The Morgan fingerprint density at radius 2 is 1.94 bits per heavy atom. The molecular weight excluding hydrogens is 228 g/mol. The van der Waals surface area contributed by atoms with Crippen LogP contribution in [0, 0.1) is 11.6 Å². The summed E-state index contributed by atoms with van der Waals surface area (Å²) in [6.07, 6.45) is 1.13. The van der Waals surface area contributed by atoms with Gasteiger partial charge in [0.1, 0.15) is 11.6 Å². The maximum Gasteiger partial charge on any atom is 0.337 e. The van der Waals surface area contributed by atoms with Crippen LogP contribution in [0.25, 0.3) is 11.3 Å². The van der Waals surface area contributed by atoms with Crippen LogP contribution in [0.2, 0.25) is 0 Å². The number of hydrogen-bond acceptors (Lipinski definition) is 2. The summed E-state index contributed by atoms with van der Waals surface area (Å²) in [6.45, 7) is 0. The highest BCUT2D eigenvalue weighted by atomic mass is 19.1. The molecule has 0 saturated carbocycles. The van der Waals surface area contributed by atoms with Gasteiger partial charge in [-0.25, -0.2) is 13.6 Å². The molecule has 0 amide bonds. The van der Waals surface area contributed by atoms with Crippen molar-refractivity contribution < 1.29 is 18.7 Å². The van der Waals surface area contributed by atoms with Crippen molar-refractivity contribution in [1.82, 2.24) is 4.98 Å². The summed E-state index contributed by atoms with van der Waals surface area (Å²) in [5, 5.41) is 8.67. The van der Waals surface area contributed by atoms with E-state index in [1.807, 2.05) is 0 Å². The van der Waals surface area contributed by atoms with Gasteiger partial charge in [0, 0.05) is 17.8 Å². The van der Waals surface area contributed by atoms with E-state index in [1.165, 1.54) is 18.2 Å². The van der Waals surface area contributed by atoms with E-state index in [0.29, 0.717) is 0 Å². The molecular formula is C12H7F2NO2. The van der Waals surface area contributed by atoms with Crippen LogP contribution >= 0.6 is 0 Å². The van der Waals surface area contributed by atoms with Crippen LogP contribution in [0.15, 0.2) is 36.5 Å². The Morgan fingerprint density at radius 3 is 2.47 bits per heavy atom. The van der Waals surface area contributed by atoms with Gasteiger partial charge in [0.05, 0.1) is 11.3 Å². The molecule has 0 aliphatic heterocycles. The topological polar surface area (TPSA) is 50.2 Å². The van der Waals surface area contributed by atoms with Crippen molar-refractivity contribution in [3.63, 3.8) is 0 Å². The van der Waals surface area contributed by atoms with E-state index in [-0.39, 0.29) is 16.8 Å². The molecule has 0 fully saturated rings. The van der Waals surface area contributed by atoms with E-state index >= 15 is 0 Å². The number of hydrogen-bond donors (Lipinski definition) is 1. The smallest absolute Gasteiger partial charge is 0.337 e. The van der Waals surface area contributed by atoms with Gasteiger partial charge in [0.25, 0.3) is 0 Å². The summed E-state index contributed by atoms with van der Waals surface area (Å²) in [5.41, 5.74) is 0.395. The van der Waals surface area contributed by atoms with Crippen molar-refractivity contribution >= 4 is 5.97 Å². The van der Waals surface area contributed by atoms with Crippen LogP contribution in [0.5, 0.6) is 0 Å². The second-order valence-electron chi connectivity index (χ2n) is 3.36. The molecule has 0 radical (unpaired) electrons. The number of halogens is 2. The zero-order valence-electron chi connectivity index (χ0n) is 8.52. The average molecular weight is 235 g/mol. The Kier molecular flexibility index (Phi) is 2.82. The average Bonchev–Trinajstić information content (AvgIpc) is 2.29. The fraction of sp³-hybridized carbons (Fsp3) is 0. The Balaban J connectivity index is 2.43. The lowest BCUT2D eigenvalue weighted by molar-refractivity contribution is 0.0696. The third-order valence-corrected chi connectivity index (χ3v) is 2.22. The zero-order chi connectivity index (χ0) is 12.4. The summed E-state index contributed by atoms with van der Waals surface area (Å²) >= 11 is 0.